The number of carbonyl (C=O) groups excluding carboxylic acids is 1. The van der Waals surface area contributed by atoms with Crippen molar-refractivity contribution in [2.24, 2.45) is 0 Å². The third-order valence-corrected chi connectivity index (χ3v) is 5.59. The number of thioether (sulfide) groups is 1. The molecule has 1 saturated carbocycles. The van der Waals surface area contributed by atoms with Crippen LogP contribution >= 0.6 is 11.8 Å². The van der Waals surface area contributed by atoms with Crippen LogP contribution in [0, 0.1) is 0 Å². The fourth-order valence-electron chi connectivity index (χ4n) is 3.30. The molecule has 0 bridgehead atoms. The number of carbonyl (C=O) groups is 1. The van der Waals surface area contributed by atoms with Gasteiger partial charge in [0.2, 0.25) is 5.91 Å². The predicted octanol–water partition coefficient (Wildman–Crippen LogP) is 2.65. The highest BCUT2D eigenvalue weighted by Gasteiger charge is 2.28. The molecule has 1 amide bonds. The number of nitrogens with one attached hydrogen (secondary N) is 1. The molecule has 0 aromatic rings. The first-order chi connectivity index (χ1) is 9.20. The average molecular weight is 284 g/mol. The zero-order valence-corrected chi connectivity index (χ0v) is 13.2. The van der Waals surface area contributed by atoms with Gasteiger partial charge < -0.3 is 10.2 Å². The summed E-state index contributed by atoms with van der Waals surface area (Å²) in [5.41, 5.74) is 0. The van der Waals surface area contributed by atoms with E-state index in [1.807, 2.05) is 18.7 Å². The standard InChI is InChI=1S/C15H28N2OS/c1-12(16-13-7-8-14(11-13)19-2)15(18)17-9-5-3-4-6-10-17/h12-14,16H,3-11H2,1-2H3. The van der Waals surface area contributed by atoms with Crippen molar-refractivity contribution in [2.45, 2.75) is 69.2 Å². The van der Waals surface area contributed by atoms with Crippen LogP contribution in [0.1, 0.15) is 51.9 Å². The van der Waals surface area contributed by atoms with Crippen molar-refractivity contribution in [3.05, 3.63) is 0 Å². The SMILES string of the molecule is CSC1CCC(NC(C)C(=O)N2CCCCCC2)C1. The van der Waals surface area contributed by atoms with Crippen molar-refractivity contribution in [3.8, 4) is 0 Å². The predicted molar refractivity (Wildman–Crippen MR) is 82.6 cm³/mol. The number of likely N-dealkylation sites (tertiary alicyclic amines) is 1. The molecule has 1 saturated heterocycles. The highest BCUT2D eigenvalue weighted by Crippen LogP contribution is 2.28. The molecule has 3 unspecified atom stereocenters. The second-order valence-corrected chi connectivity index (χ2v) is 7.13. The zero-order valence-electron chi connectivity index (χ0n) is 12.4. The Morgan fingerprint density at radius 3 is 2.47 bits per heavy atom. The molecule has 2 rings (SSSR count). The number of hydrogen-bond donors (Lipinski definition) is 1. The van der Waals surface area contributed by atoms with Crippen LogP contribution in [0.5, 0.6) is 0 Å². The fourth-order valence-corrected chi connectivity index (χ4v) is 4.09. The van der Waals surface area contributed by atoms with Crippen LogP contribution in [0.15, 0.2) is 0 Å². The van der Waals surface area contributed by atoms with E-state index in [-0.39, 0.29) is 6.04 Å². The Bertz CT molecular complexity index is 290. The Balaban J connectivity index is 1.78. The number of nitrogens with zero attached hydrogens (tertiary/aromatic N) is 1. The summed E-state index contributed by atoms with van der Waals surface area (Å²) >= 11 is 1.97. The second-order valence-electron chi connectivity index (χ2n) is 6.00. The first kappa shape index (κ1) is 15.2. The smallest absolute Gasteiger partial charge is 0.239 e. The Morgan fingerprint density at radius 1 is 1.21 bits per heavy atom. The van der Waals surface area contributed by atoms with Gasteiger partial charge >= 0.3 is 0 Å². The number of rotatable bonds is 4. The zero-order chi connectivity index (χ0) is 13.7. The van der Waals surface area contributed by atoms with Crippen LogP contribution in [0.25, 0.3) is 0 Å². The quantitative estimate of drug-likeness (QED) is 0.861. The van der Waals surface area contributed by atoms with Crippen molar-refractivity contribution < 1.29 is 4.79 Å². The van der Waals surface area contributed by atoms with E-state index in [2.05, 4.69) is 16.5 Å². The Kier molecular flexibility index (Phi) is 6.02. The molecule has 1 heterocycles. The molecule has 3 nitrogen and oxygen atoms in total. The molecule has 0 radical (unpaired) electrons. The molecule has 110 valence electrons. The molecule has 0 spiro atoms. The van der Waals surface area contributed by atoms with E-state index >= 15 is 0 Å². The second kappa shape index (κ2) is 7.53. The summed E-state index contributed by atoms with van der Waals surface area (Å²) in [6.45, 7) is 3.96. The number of hydrogen-bond acceptors (Lipinski definition) is 3. The van der Waals surface area contributed by atoms with Crippen molar-refractivity contribution in [1.82, 2.24) is 10.2 Å². The minimum absolute atomic E-state index is 0.0105. The summed E-state index contributed by atoms with van der Waals surface area (Å²) < 4.78 is 0. The molecule has 2 fully saturated rings. The van der Waals surface area contributed by atoms with Crippen LogP contribution in [-0.2, 0) is 4.79 Å². The molecular weight excluding hydrogens is 256 g/mol. The molecular formula is C15H28N2OS. The van der Waals surface area contributed by atoms with Gasteiger partial charge in [0.1, 0.15) is 0 Å². The first-order valence-electron chi connectivity index (χ1n) is 7.78. The lowest BCUT2D eigenvalue weighted by atomic mass is 10.2. The lowest BCUT2D eigenvalue weighted by Gasteiger charge is -2.26. The molecule has 1 N–H and O–H groups in total. The molecule has 4 heteroatoms. The first-order valence-corrected chi connectivity index (χ1v) is 9.07. The van der Waals surface area contributed by atoms with Gasteiger partial charge in [-0.3, -0.25) is 4.79 Å². The molecule has 3 atom stereocenters. The molecule has 1 aliphatic carbocycles. The van der Waals surface area contributed by atoms with Crippen LogP contribution < -0.4 is 5.32 Å². The summed E-state index contributed by atoms with van der Waals surface area (Å²) in [5, 5.41) is 4.35. The van der Waals surface area contributed by atoms with Crippen molar-refractivity contribution >= 4 is 17.7 Å². The summed E-state index contributed by atoms with van der Waals surface area (Å²) in [6, 6.07) is 0.534. The maximum Gasteiger partial charge on any atom is 0.239 e. The Hall–Kier alpha value is -0.220. The third-order valence-electron chi connectivity index (χ3n) is 4.49. The summed E-state index contributed by atoms with van der Waals surface area (Å²) in [6.07, 6.45) is 10.9. The van der Waals surface area contributed by atoms with E-state index in [1.54, 1.807) is 0 Å². The van der Waals surface area contributed by atoms with Crippen molar-refractivity contribution in [3.63, 3.8) is 0 Å². The molecule has 1 aliphatic heterocycles. The van der Waals surface area contributed by atoms with Crippen molar-refractivity contribution in [2.75, 3.05) is 19.3 Å². The minimum atomic E-state index is -0.0105. The van der Waals surface area contributed by atoms with E-state index < -0.39 is 0 Å². The summed E-state index contributed by atoms with van der Waals surface area (Å²) in [7, 11) is 0. The van der Waals surface area contributed by atoms with Gasteiger partial charge in [0, 0.05) is 24.4 Å². The van der Waals surface area contributed by atoms with Crippen LogP contribution in [0.4, 0.5) is 0 Å². The van der Waals surface area contributed by atoms with Crippen LogP contribution in [0.3, 0.4) is 0 Å². The molecule has 2 aliphatic rings. The lowest BCUT2D eigenvalue weighted by Crippen LogP contribution is -2.48. The fraction of sp³-hybridized carbons (Fsp3) is 0.933. The minimum Gasteiger partial charge on any atom is -0.341 e. The van der Waals surface area contributed by atoms with Gasteiger partial charge in [-0.05, 0) is 45.3 Å². The highest BCUT2D eigenvalue weighted by molar-refractivity contribution is 7.99. The molecule has 0 aromatic carbocycles. The van der Waals surface area contributed by atoms with E-state index in [1.165, 1.54) is 44.9 Å². The normalized spacial score (nSPS) is 30.1. The van der Waals surface area contributed by atoms with Gasteiger partial charge in [-0.15, -0.1) is 0 Å². The van der Waals surface area contributed by atoms with Gasteiger partial charge in [0.25, 0.3) is 0 Å². The molecule has 0 aromatic heterocycles. The molecule has 19 heavy (non-hydrogen) atoms. The van der Waals surface area contributed by atoms with E-state index in [0.29, 0.717) is 11.9 Å². The van der Waals surface area contributed by atoms with Gasteiger partial charge in [-0.1, -0.05) is 12.8 Å². The van der Waals surface area contributed by atoms with E-state index in [4.69, 9.17) is 0 Å². The summed E-state index contributed by atoms with van der Waals surface area (Å²) in [4.78, 5) is 14.5. The lowest BCUT2D eigenvalue weighted by molar-refractivity contribution is -0.133. The Labute approximate surface area is 121 Å². The largest absolute Gasteiger partial charge is 0.341 e. The topological polar surface area (TPSA) is 32.3 Å². The maximum atomic E-state index is 12.4. The van der Waals surface area contributed by atoms with Crippen LogP contribution in [-0.4, -0.2) is 47.5 Å². The van der Waals surface area contributed by atoms with Gasteiger partial charge in [0.05, 0.1) is 6.04 Å². The van der Waals surface area contributed by atoms with Gasteiger partial charge in [-0.25, -0.2) is 0 Å². The maximum absolute atomic E-state index is 12.4. The van der Waals surface area contributed by atoms with E-state index in [0.717, 1.165) is 18.3 Å². The third kappa shape index (κ3) is 4.38. The Morgan fingerprint density at radius 2 is 1.89 bits per heavy atom. The van der Waals surface area contributed by atoms with Gasteiger partial charge in [0.15, 0.2) is 0 Å². The van der Waals surface area contributed by atoms with Crippen molar-refractivity contribution in [1.29, 1.82) is 0 Å². The monoisotopic (exact) mass is 284 g/mol. The summed E-state index contributed by atoms with van der Waals surface area (Å²) in [5.74, 6) is 0.314. The van der Waals surface area contributed by atoms with E-state index in [9.17, 15) is 4.79 Å². The number of amides is 1. The highest BCUT2D eigenvalue weighted by atomic mass is 32.2. The average Bonchev–Trinajstić information content (AvgIpc) is 2.70. The van der Waals surface area contributed by atoms with Gasteiger partial charge in [-0.2, -0.15) is 11.8 Å². The van der Waals surface area contributed by atoms with Crippen LogP contribution in [0.2, 0.25) is 0 Å².